The maximum absolute atomic E-state index is 12.6. The Morgan fingerprint density at radius 3 is 2.87 bits per heavy atom. The fraction of sp³-hybridized carbons (Fsp3) is 0.294. The number of benzene rings is 1. The minimum absolute atomic E-state index is 0.241. The van der Waals surface area contributed by atoms with Crippen LogP contribution in [-0.2, 0) is 5.75 Å². The Bertz CT molecular complexity index is 836. The first-order valence-electron chi connectivity index (χ1n) is 7.36. The molecule has 23 heavy (non-hydrogen) atoms. The van der Waals surface area contributed by atoms with Crippen molar-refractivity contribution < 1.29 is 9.21 Å². The number of thiazole rings is 1. The van der Waals surface area contributed by atoms with Crippen LogP contribution in [0.5, 0.6) is 0 Å². The van der Waals surface area contributed by atoms with Crippen LogP contribution >= 0.6 is 23.1 Å². The summed E-state index contributed by atoms with van der Waals surface area (Å²) in [5, 5.41) is 6.43. The molecule has 0 bridgehead atoms. The largest absolute Gasteiger partial charge is 0.451 e. The number of rotatable bonds is 5. The summed E-state index contributed by atoms with van der Waals surface area (Å²) in [5.41, 5.74) is 2.66. The predicted molar refractivity (Wildman–Crippen MR) is 97.6 cm³/mol. The Hall–Kier alpha value is -1.79. The van der Waals surface area contributed by atoms with Crippen molar-refractivity contribution in [3.05, 3.63) is 46.7 Å². The van der Waals surface area contributed by atoms with Gasteiger partial charge in [-0.15, -0.1) is 11.3 Å². The van der Waals surface area contributed by atoms with E-state index in [2.05, 4.69) is 24.1 Å². The summed E-state index contributed by atoms with van der Waals surface area (Å²) < 4.78 is 5.79. The summed E-state index contributed by atoms with van der Waals surface area (Å²) in [7, 11) is 0. The standard InChI is InChI=1S/C17H18N2O2S2/c1-10(2)13-9-23-17(18-13)19-16(20)15-12(8-22-3)11-6-4-5-7-14(11)21-15/h4-7,9-10H,8H2,1-3H3,(H,18,19,20). The Balaban J connectivity index is 1.91. The van der Waals surface area contributed by atoms with Crippen molar-refractivity contribution in [2.45, 2.75) is 25.5 Å². The predicted octanol–water partition coefficient (Wildman–Crippen LogP) is 5.13. The third-order valence-electron chi connectivity index (χ3n) is 3.53. The van der Waals surface area contributed by atoms with Gasteiger partial charge in [-0.2, -0.15) is 11.8 Å². The number of amides is 1. The van der Waals surface area contributed by atoms with E-state index < -0.39 is 0 Å². The molecule has 0 aliphatic heterocycles. The van der Waals surface area contributed by atoms with Crippen LogP contribution in [0, 0.1) is 0 Å². The van der Waals surface area contributed by atoms with E-state index in [1.165, 1.54) is 11.3 Å². The van der Waals surface area contributed by atoms with Crippen LogP contribution in [0.1, 0.15) is 41.6 Å². The van der Waals surface area contributed by atoms with Crippen LogP contribution in [-0.4, -0.2) is 17.1 Å². The number of para-hydroxylation sites is 1. The monoisotopic (exact) mass is 346 g/mol. The van der Waals surface area contributed by atoms with E-state index >= 15 is 0 Å². The molecule has 0 fully saturated rings. The van der Waals surface area contributed by atoms with Gasteiger partial charge in [0.1, 0.15) is 5.58 Å². The summed E-state index contributed by atoms with van der Waals surface area (Å²) in [5.74, 6) is 1.21. The minimum Gasteiger partial charge on any atom is -0.451 e. The van der Waals surface area contributed by atoms with Gasteiger partial charge in [0.15, 0.2) is 10.9 Å². The molecule has 0 aliphatic rings. The topological polar surface area (TPSA) is 55.1 Å². The highest BCUT2D eigenvalue weighted by atomic mass is 32.2. The molecule has 0 saturated carbocycles. The van der Waals surface area contributed by atoms with E-state index in [0.717, 1.165) is 28.0 Å². The number of hydrogen-bond donors (Lipinski definition) is 1. The van der Waals surface area contributed by atoms with E-state index in [1.54, 1.807) is 11.8 Å². The van der Waals surface area contributed by atoms with Gasteiger partial charge in [-0.1, -0.05) is 32.0 Å². The second kappa shape index (κ2) is 6.76. The molecule has 2 heterocycles. The molecule has 1 aromatic carbocycles. The second-order valence-electron chi connectivity index (χ2n) is 5.53. The van der Waals surface area contributed by atoms with Gasteiger partial charge in [0.25, 0.3) is 5.91 Å². The van der Waals surface area contributed by atoms with Gasteiger partial charge in [-0.3, -0.25) is 10.1 Å². The van der Waals surface area contributed by atoms with Gasteiger partial charge in [0, 0.05) is 22.1 Å². The van der Waals surface area contributed by atoms with Crippen molar-refractivity contribution in [1.82, 2.24) is 4.98 Å². The first-order chi connectivity index (χ1) is 11.1. The highest BCUT2D eigenvalue weighted by Crippen LogP contribution is 2.30. The normalized spacial score (nSPS) is 11.3. The van der Waals surface area contributed by atoms with Crippen LogP contribution in [0.2, 0.25) is 0 Å². The molecule has 4 nitrogen and oxygen atoms in total. The highest BCUT2D eigenvalue weighted by Gasteiger charge is 2.21. The number of nitrogens with one attached hydrogen (secondary N) is 1. The molecule has 2 aromatic heterocycles. The molecule has 3 aromatic rings. The van der Waals surface area contributed by atoms with Crippen molar-refractivity contribution in [2.24, 2.45) is 0 Å². The Morgan fingerprint density at radius 1 is 1.39 bits per heavy atom. The first-order valence-corrected chi connectivity index (χ1v) is 9.63. The number of hydrogen-bond acceptors (Lipinski definition) is 5. The van der Waals surface area contributed by atoms with Crippen molar-refractivity contribution >= 4 is 45.1 Å². The van der Waals surface area contributed by atoms with Crippen LogP contribution in [0.4, 0.5) is 5.13 Å². The van der Waals surface area contributed by atoms with Crippen LogP contribution in [0.25, 0.3) is 11.0 Å². The number of thioether (sulfide) groups is 1. The molecule has 0 aliphatic carbocycles. The Kier molecular flexibility index (Phi) is 4.73. The maximum Gasteiger partial charge on any atom is 0.293 e. The van der Waals surface area contributed by atoms with Crippen molar-refractivity contribution in [2.75, 3.05) is 11.6 Å². The number of fused-ring (bicyclic) bond motifs is 1. The summed E-state index contributed by atoms with van der Waals surface area (Å²) in [4.78, 5) is 17.1. The highest BCUT2D eigenvalue weighted by molar-refractivity contribution is 7.97. The fourth-order valence-corrected chi connectivity index (χ4v) is 3.77. The Morgan fingerprint density at radius 2 is 2.17 bits per heavy atom. The summed E-state index contributed by atoms with van der Waals surface area (Å²) >= 11 is 3.10. The minimum atomic E-state index is -0.241. The number of furan rings is 1. The van der Waals surface area contributed by atoms with Gasteiger partial charge in [-0.05, 0) is 18.2 Å². The SMILES string of the molecule is CSCc1c(C(=O)Nc2nc(C(C)C)cs2)oc2ccccc12. The van der Waals surface area contributed by atoms with Crippen molar-refractivity contribution in [1.29, 1.82) is 0 Å². The van der Waals surface area contributed by atoms with Gasteiger partial charge >= 0.3 is 0 Å². The zero-order valence-electron chi connectivity index (χ0n) is 13.3. The molecule has 0 spiro atoms. The summed E-state index contributed by atoms with van der Waals surface area (Å²) in [6, 6.07) is 7.74. The number of carbonyl (C=O) groups excluding carboxylic acids is 1. The van der Waals surface area contributed by atoms with E-state index in [1.807, 2.05) is 35.9 Å². The summed E-state index contributed by atoms with van der Waals surface area (Å²) in [6.45, 7) is 4.16. The quantitative estimate of drug-likeness (QED) is 0.696. The lowest BCUT2D eigenvalue weighted by Crippen LogP contribution is -2.12. The number of nitrogens with zero attached hydrogens (tertiary/aromatic N) is 1. The third-order valence-corrected chi connectivity index (χ3v) is 4.88. The molecule has 0 saturated heterocycles. The van der Waals surface area contributed by atoms with Crippen molar-refractivity contribution in [3.8, 4) is 0 Å². The van der Waals surface area contributed by atoms with E-state index in [4.69, 9.17) is 4.42 Å². The molecule has 6 heteroatoms. The molecule has 0 radical (unpaired) electrons. The maximum atomic E-state index is 12.6. The van der Waals surface area contributed by atoms with Gasteiger partial charge in [-0.25, -0.2) is 4.98 Å². The zero-order valence-corrected chi connectivity index (χ0v) is 14.9. The van der Waals surface area contributed by atoms with E-state index in [-0.39, 0.29) is 5.91 Å². The average molecular weight is 346 g/mol. The first kappa shape index (κ1) is 16.1. The lowest BCUT2D eigenvalue weighted by atomic mass is 10.1. The van der Waals surface area contributed by atoms with Crippen molar-refractivity contribution in [3.63, 3.8) is 0 Å². The molecule has 3 rings (SSSR count). The Labute approximate surface area is 143 Å². The number of carbonyl (C=O) groups is 1. The van der Waals surface area contributed by atoms with Gasteiger partial charge < -0.3 is 4.42 Å². The van der Waals surface area contributed by atoms with Crippen LogP contribution < -0.4 is 5.32 Å². The molecule has 0 unspecified atom stereocenters. The summed E-state index contributed by atoms with van der Waals surface area (Å²) in [6.07, 6.45) is 2.01. The van der Waals surface area contributed by atoms with Crippen LogP contribution in [0.3, 0.4) is 0 Å². The smallest absolute Gasteiger partial charge is 0.293 e. The molecule has 1 N–H and O–H groups in total. The number of anilines is 1. The molecule has 0 atom stereocenters. The molecule has 120 valence electrons. The zero-order chi connectivity index (χ0) is 16.4. The molecular formula is C17H18N2O2S2. The van der Waals surface area contributed by atoms with Crippen LogP contribution in [0.15, 0.2) is 34.1 Å². The average Bonchev–Trinajstić information content (AvgIpc) is 3.13. The molecular weight excluding hydrogens is 328 g/mol. The second-order valence-corrected chi connectivity index (χ2v) is 7.25. The lowest BCUT2D eigenvalue weighted by Gasteiger charge is -2.02. The van der Waals surface area contributed by atoms with E-state index in [9.17, 15) is 4.79 Å². The van der Waals surface area contributed by atoms with Gasteiger partial charge in [0.2, 0.25) is 0 Å². The van der Waals surface area contributed by atoms with E-state index in [0.29, 0.717) is 16.8 Å². The number of aromatic nitrogens is 1. The molecule has 1 amide bonds. The fourth-order valence-electron chi connectivity index (χ4n) is 2.33. The van der Waals surface area contributed by atoms with Gasteiger partial charge in [0.05, 0.1) is 5.69 Å². The third kappa shape index (κ3) is 3.28. The lowest BCUT2D eigenvalue weighted by molar-refractivity contribution is 0.0998.